The van der Waals surface area contributed by atoms with Crippen molar-refractivity contribution in [1.29, 1.82) is 0 Å². The molecule has 0 spiro atoms. The predicted octanol–water partition coefficient (Wildman–Crippen LogP) is 6.09. The number of ether oxygens (including phenoxy) is 3. The minimum Gasteiger partial charge on any atom is -0.493 e. The first-order valence-electron chi connectivity index (χ1n) is 13.9. The summed E-state index contributed by atoms with van der Waals surface area (Å²) in [4.78, 5) is 19.9. The number of methoxy groups -OCH3 is 1. The molecule has 1 aliphatic heterocycles. The average molecular weight is 520 g/mol. The summed E-state index contributed by atoms with van der Waals surface area (Å²) < 4.78 is 19.4. The Labute approximate surface area is 226 Å². The molecule has 0 radical (unpaired) electrons. The fraction of sp³-hybridized carbons (Fsp3) is 0.484. The van der Waals surface area contributed by atoms with Crippen LogP contribution in [0.15, 0.2) is 60.9 Å². The summed E-state index contributed by atoms with van der Waals surface area (Å²) in [6.45, 7) is 6.55. The van der Waals surface area contributed by atoms with E-state index in [4.69, 9.17) is 14.2 Å². The van der Waals surface area contributed by atoms with Crippen LogP contribution < -0.4 is 9.47 Å². The second-order valence-electron chi connectivity index (χ2n) is 9.86. The number of rotatable bonds is 14. The third-order valence-electron chi connectivity index (χ3n) is 7.11. The molecule has 0 unspecified atom stereocenters. The summed E-state index contributed by atoms with van der Waals surface area (Å²) >= 11 is 0. The first kappa shape index (κ1) is 27.7. The number of hydrogen-bond donors (Lipinski definition) is 0. The maximum absolute atomic E-state index is 13.3. The molecule has 1 amide bonds. The minimum atomic E-state index is 0.0466. The second kappa shape index (κ2) is 14.6. The maximum Gasteiger partial charge on any atom is 0.253 e. The van der Waals surface area contributed by atoms with Crippen molar-refractivity contribution in [3.05, 3.63) is 77.9 Å². The molecular formula is C31H41N3O4. The van der Waals surface area contributed by atoms with Crippen molar-refractivity contribution in [3.8, 4) is 11.5 Å². The molecule has 0 atom stereocenters. The van der Waals surface area contributed by atoms with Crippen molar-refractivity contribution in [2.45, 2.75) is 64.5 Å². The molecule has 2 heterocycles. The molecule has 4 rings (SSSR count). The van der Waals surface area contributed by atoms with E-state index in [2.05, 4.69) is 34.8 Å². The number of piperidine rings is 1. The standard InChI is InChI=1S/C31H41N3O4/c1-3-4-22-38-29-23-27(12-13-28(29)36-2)31(35)34-18-14-26(15-19-34)30-32-16-20-33(30)17-8-9-21-37-24-25-10-6-5-7-11-25/h5-7,10-13,16,20,23,26H,3-4,8-9,14-15,17-19,21-22,24H2,1-2H3. The number of imidazole rings is 1. The lowest BCUT2D eigenvalue weighted by Crippen LogP contribution is -2.38. The van der Waals surface area contributed by atoms with Gasteiger partial charge in [0.2, 0.25) is 0 Å². The number of carbonyl (C=O) groups is 1. The molecule has 0 aliphatic carbocycles. The average Bonchev–Trinajstić information content (AvgIpc) is 3.44. The van der Waals surface area contributed by atoms with Crippen molar-refractivity contribution in [3.63, 3.8) is 0 Å². The lowest BCUT2D eigenvalue weighted by Gasteiger charge is -2.32. The molecule has 3 aromatic rings. The van der Waals surface area contributed by atoms with Crippen LogP contribution in [-0.4, -0.2) is 53.8 Å². The number of hydrogen-bond acceptors (Lipinski definition) is 5. The van der Waals surface area contributed by atoms with E-state index in [0.717, 1.165) is 70.6 Å². The SMILES string of the molecule is CCCCOc1cc(C(=O)N2CCC(c3nccn3CCCCOCc3ccccc3)CC2)ccc1OC. The van der Waals surface area contributed by atoms with E-state index in [-0.39, 0.29) is 5.91 Å². The number of aryl methyl sites for hydroxylation is 1. The van der Waals surface area contributed by atoms with Crippen molar-refractivity contribution < 1.29 is 19.0 Å². The van der Waals surface area contributed by atoms with E-state index < -0.39 is 0 Å². The zero-order chi connectivity index (χ0) is 26.6. The number of amides is 1. The van der Waals surface area contributed by atoms with Crippen molar-refractivity contribution in [1.82, 2.24) is 14.5 Å². The first-order chi connectivity index (χ1) is 18.7. The Balaban J connectivity index is 1.23. The lowest BCUT2D eigenvalue weighted by atomic mass is 9.95. The first-order valence-corrected chi connectivity index (χ1v) is 13.9. The smallest absolute Gasteiger partial charge is 0.253 e. The van der Waals surface area contributed by atoms with Gasteiger partial charge in [0.15, 0.2) is 11.5 Å². The van der Waals surface area contributed by atoms with Gasteiger partial charge in [-0.25, -0.2) is 4.98 Å². The number of aromatic nitrogens is 2. The summed E-state index contributed by atoms with van der Waals surface area (Å²) in [5, 5.41) is 0. The molecule has 1 aromatic heterocycles. The van der Waals surface area contributed by atoms with Gasteiger partial charge < -0.3 is 23.7 Å². The Morgan fingerprint density at radius 1 is 1.00 bits per heavy atom. The van der Waals surface area contributed by atoms with Gasteiger partial charge in [-0.3, -0.25) is 4.79 Å². The Morgan fingerprint density at radius 3 is 2.58 bits per heavy atom. The largest absolute Gasteiger partial charge is 0.493 e. The van der Waals surface area contributed by atoms with Crippen molar-refractivity contribution in [2.24, 2.45) is 0 Å². The van der Waals surface area contributed by atoms with Crippen LogP contribution in [0.5, 0.6) is 11.5 Å². The minimum absolute atomic E-state index is 0.0466. The van der Waals surface area contributed by atoms with Gasteiger partial charge in [-0.1, -0.05) is 43.7 Å². The zero-order valence-corrected chi connectivity index (χ0v) is 22.8. The van der Waals surface area contributed by atoms with E-state index in [0.29, 0.717) is 36.2 Å². The molecular weight excluding hydrogens is 478 g/mol. The Kier molecular flexibility index (Phi) is 10.6. The van der Waals surface area contributed by atoms with Gasteiger partial charge in [-0.05, 0) is 55.9 Å². The third-order valence-corrected chi connectivity index (χ3v) is 7.11. The number of carbonyl (C=O) groups excluding carboxylic acids is 1. The van der Waals surface area contributed by atoms with Gasteiger partial charge in [0.05, 0.1) is 20.3 Å². The highest BCUT2D eigenvalue weighted by molar-refractivity contribution is 5.95. The van der Waals surface area contributed by atoms with Gasteiger partial charge in [-0.2, -0.15) is 0 Å². The summed E-state index contributed by atoms with van der Waals surface area (Å²) in [5.41, 5.74) is 1.86. The molecule has 1 fully saturated rings. The van der Waals surface area contributed by atoms with Crippen LogP contribution in [0.2, 0.25) is 0 Å². The van der Waals surface area contributed by atoms with Gasteiger partial charge in [0, 0.05) is 50.1 Å². The van der Waals surface area contributed by atoms with E-state index in [1.54, 1.807) is 7.11 Å². The lowest BCUT2D eigenvalue weighted by molar-refractivity contribution is 0.0709. The fourth-order valence-corrected chi connectivity index (χ4v) is 4.89. The molecule has 0 bridgehead atoms. The number of likely N-dealkylation sites (tertiary alicyclic amines) is 1. The van der Waals surface area contributed by atoms with Gasteiger partial charge in [0.25, 0.3) is 5.91 Å². The van der Waals surface area contributed by atoms with Gasteiger partial charge in [-0.15, -0.1) is 0 Å². The highest BCUT2D eigenvalue weighted by atomic mass is 16.5. The summed E-state index contributed by atoms with van der Waals surface area (Å²) in [6, 6.07) is 15.8. The van der Waals surface area contributed by atoms with Crippen LogP contribution in [0, 0.1) is 0 Å². The normalized spacial score (nSPS) is 14.0. The van der Waals surface area contributed by atoms with E-state index in [1.165, 1.54) is 5.56 Å². The van der Waals surface area contributed by atoms with Crippen molar-refractivity contribution in [2.75, 3.05) is 33.4 Å². The van der Waals surface area contributed by atoms with Crippen LogP contribution in [-0.2, 0) is 17.9 Å². The summed E-state index contributed by atoms with van der Waals surface area (Å²) in [6.07, 6.45) is 9.89. The zero-order valence-electron chi connectivity index (χ0n) is 22.8. The van der Waals surface area contributed by atoms with Gasteiger partial charge >= 0.3 is 0 Å². The van der Waals surface area contributed by atoms with Crippen LogP contribution in [0.4, 0.5) is 0 Å². The highest BCUT2D eigenvalue weighted by Gasteiger charge is 2.27. The Bertz CT molecular complexity index is 1120. The van der Waals surface area contributed by atoms with Crippen molar-refractivity contribution >= 4 is 5.91 Å². The molecule has 7 heteroatoms. The molecule has 0 saturated carbocycles. The second-order valence-corrected chi connectivity index (χ2v) is 9.86. The quantitative estimate of drug-likeness (QED) is 0.241. The van der Waals surface area contributed by atoms with Crippen LogP contribution in [0.3, 0.4) is 0 Å². The third kappa shape index (κ3) is 7.60. The molecule has 1 aliphatic rings. The predicted molar refractivity (Wildman–Crippen MR) is 149 cm³/mol. The molecule has 204 valence electrons. The van der Waals surface area contributed by atoms with E-state index >= 15 is 0 Å². The fourth-order valence-electron chi connectivity index (χ4n) is 4.89. The molecule has 0 N–H and O–H groups in total. The number of nitrogens with zero attached hydrogens (tertiary/aromatic N) is 3. The molecule has 2 aromatic carbocycles. The molecule has 1 saturated heterocycles. The molecule has 38 heavy (non-hydrogen) atoms. The monoisotopic (exact) mass is 519 g/mol. The highest BCUT2D eigenvalue weighted by Crippen LogP contribution is 2.31. The van der Waals surface area contributed by atoms with E-state index in [9.17, 15) is 4.79 Å². The van der Waals surface area contributed by atoms with Crippen LogP contribution >= 0.6 is 0 Å². The topological polar surface area (TPSA) is 65.8 Å². The van der Waals surface area contributed by atoms with Crippen LogP contribution in [0.1, 0.15) is 73.1 Å². The van der Waals surface area contributed by atoms with Crippen LogP contribution in [0.25, 0.3) is 0 Å². The van der Waals surface area contributed by atoms with E-state index in [1.807, 2.05) is 47.5 Å². The molecule has 7 nitrogen and oxygen atoms in total. The Hall–Kier alpha value is -3.32. The number of unbranched alkanes of at least 4 members (excludes halogenated alkanes) is 2. The Morgan fingerprint density at radius 2 is 1.82 bits per heavy atom. The maximum atomic E-state index is 13.3. The van der Waals surface area contributed by atoms with Gasteiger partial charge in [0.1, 0.15) is 5.82 Å². The summed E-state index contributed by atoms with van der Waals surface area (Å²) in [5.74, 6) is 2.84. The number of benzene rings is 2. The summed E-state index contributed by atoms with van der Waals surface area (Å²) in [7, 11) is 1.62.